The summed E-state index contributed by atoms with van der Waals surface area (Å²) in [6.07, 6.45) is 0. The molecule has 20 radical (unpaired) electrons. The Morgan fingerprint density at radius 2 is 0.296 bits per heavy atom. The number of rotatable bonds is 1. The summed E-state index contributed by atoms with van der Waals surface area (Å²) in [4.78, 5) is 0. The normalized spacial score (nSPS) is 24.4. The minimum Gasteiger partial charge on any atom is -0.455 e. The summed E-state index contributed by atoms with van der Waals surface area (Å²) in [6, 6.07) is 0. The van der Waals surface area contributed by atoms with Crippen LogP contribution in [0.15, 0.2) is 0 Å². The summed E-state index contributed by atoms with van der Waals surface area (Å²) in [5, 5.41) is 0. The van der Waals surface area contributed by atoms with Gasteiger partial charge in [-0.15, -0.1) is 0 Å². The van der Waals surface area contributed by atoms with Crippen molar-refractivity contribution in [2.75, 3.05) is 0 Å². The largest absolute Gasteiger partial charge is 0.455 e. The number of hydrogen-bond acceptors (Lipinski definition) is 0. The van der Waals surface area contributed by atoms with E-state index in [1.54, 1.807) is 0 Å². The monoisotopic (exact) mass is 1040 g/mol. The zero-order chi connectivity index (χ0) is 41.4. The van der Waals surface area contributed by atoms with Crippen molar-refractivity contribution >= 4 is 27.4 Å². The van der Waals surface area contributed by atoms with E-state index in [0.717, 1.165) is 0 Å². The molecule has 0 amide bonds. The Kier molecular flexibility index (Phi) is 30.8. The van der Waals surface area contributed by atoms with Crippen LogP contribution in [0.1, 0.15) is 180 Å². The molecule has 0 aromatic heterocycles. The van der Waals surface area contributed by atoms with Gasteiger partial charge in [-0.3, -0.25) is 0 Å². The van der Waals surface area contributed by atoms with Crippen molar-refractivity contribution in [1.29, 1.82) is 0 Å². The molecule has 4 saturated carbocycles. The van der Waals surface area contributed by atoms with Crippen LogP contribution >= 0.6 is 15.8 Å². The zero-order valence-corrected chi connectivity index (χ0v) is 46.7. The van der Waals surface area contributed by atoms with E-state index in [9.17, 15) is 0 Å². The van der Waals surface area contributed by atoms with Crippen molar-refractivity contribution in [1.82, 2.24) is 0 Å². The molecule has 0 aliphatic heterocycles. The smallest absolute Gasteiger partial charge is 0 e. The fourth-order valence-electron chi connectivity index (χ4n) is 5.97. The van der Waals surface area contributed by atoms with E-state index < -0.39 is 0 Å². The summed E-state index contributed by atoms with van der Waals surface area (Å²) >= 11 is 0. The van der Waals surface area contributed by atoms with Crippen molar-refractivity contribution in [3.8, 4) is 0 Å². The first-order valence-electron chi connectivity index (χ1n) is 19.1. The maximum absolute atomic E-state index is 3.39. The molecule has 4 heteroatoms. The Bertz CT molecular complexity index is 719. The van der Waals surface area contributed by atoms with E-state index in [2.05, 4.69) is 192 Å². The van der Waals surface area contributed by atoms with Gasteiger partial charge in [0.2, 0.25) is 0 Å². The van der Waals surface area contributed by atoms with Crippen LogP contribution < -0.4 is 0 Å². The van der Waals surface area contributed by atoms with Crippen LogP contribution in [0.2, 0.25) is 0 Å². The Labute approximate surface area is 412 Å². The van der Waals surface area contributed by atoms with Gasteiger partial charge in [0.15, 0.2) is 0 Å². The summed E-state index contributed by atoms with van der Waals surface area (Å²) in [7, 11) is 2.47. The van der Waals surface area contributed by atoms with E-state index in [-0.39, 0.29) is 91.6 Å². The SMILES string of the molecule is CC(C)(C)[C-]=PP=[C-]C(C)(C)C.C[C]1[C](C)[C](C)[C](C)[C]1C.C[C]1[C](C)[C](C)[C](C)[C]1C.C[C]1[C](C)[C](C)[C](C)[C]1C.C[C]1[C](C)[C](C)[C](C)[C]1C.[Sm].[Sm]. The van der Waals surface area contributed by atoms with Crippen molar-refractivity contribution in [2.45, 2.75) is 180 Å². The van der Waals surface area contributed by atoms with E-state index in [1.807, 2.05) is 0 Å². The average Bonchev–Trinajstić information content (AvgIpc) is 3.51. The second-order valence-corrected chi connectivity index (χ2v) is 19.5. The van der Waals surface area contributed by atoms with Crippen LogP contribution in [-0.4, -0.2) is 11.6 Å². The molecule has 54 heavy (non-hydrogen) atoms. The third-order valence-corrected chi connectivity index (χ3v) is 14.6. The van der Waals surface area contributed by atoms with Gasteiger partial charge in [0.05, 0.1) is 0 Å². The van der Waals surface area contributed by atoms with E-state index in [0.29, 0.717) is 0 Å². The molecule has 4 aliphatic carbocycles. The van der Waals surface area contributed by atoms with Gasteiger partial charge in [-0.1, -0.05) is 180 Å². The van der Waals surface area contributed by atoms with Gasteiger partial charge < -0.3 is 27.4 Å². The van der Waals surface area contributed by atoms with Gasteiger partial charge in [0, 0.05) is 80.8 Å². The van der Waals surface area contributed by atoms with Crippen LogP contribution in [0.3, 0.4) is 0 Å². The van der Waals surface area contributed by atoms with E-state index in [1.165, 1.54) is 134 Å². The Morgan fingerprint density at radius 1 is 0.222 bits per heavy atom. The molecule has 0 aromatic carbocycles. The van der Waals surface area contributed by atoms with Gasteiger partial charge in [-0.25, -0.2) is 0 Å². The molecule has 0 nitrogen and oxygen atoms in total. The molecule has 0 heterocycles. The molecule has 4 aliphatic rings. The average molecular weight is 1040 g/mol. The van der Waals surface area contributed by atoms with Crippen molar-refractivity contribution in [3.05, 3.63) is 118 Å². The first-order valence-corrected chi connectivity index (χ1v) is 21.6. The van der Waals surface area contributed by atoms with Crippen molar-refractivity contribution < 1.29 is 80.8 Å². The molecule has 0 spiro atoms. The molecule has 0 N–H and O–H groups in total. The second-order valence-electron chi connectivity index (χ2n) is 17.4. The van der Waals surface area contributed by atoms with E-state index in [4.69, 9.17) is 0 Å². The van der Waals surface area contributed by atoms with Gasteiger partial charge in [-0.05, 0) is 118 Å². The quantitative estimate of drug-likeness (QED) is 0.181. The minimum atomic E-state index is 0. The van der Waals surface area contributed by atoms with Crippen LogP contribution in [-0.2, 0) is 0 Å². The molecule has 302 valence electrons. The second kappa shape index (κ2) is 27.2. The zero-order valence-electron chi connectivity index (χ0n) is 39.7. The van der Waals surface area contributed by atoms with Crippen LogP contribution in [0.5, 0.6) is 0 Å². The molecule has 0 atom stereocenters. The van der Waals surface area contributed by atoms with Crippen LogP contribution in [0.25, 0.3) is 0 Å². The Hall–Kier alpha value is 3.02. The first kappa shape index (κ1) is 61.3. The molecule has 0 bridgehead atoms. The van der Waals surface area contributed by atoms with Gasteiger partial charge in [0.25, 0.3) is 0 Å². The minimum absolute atomic E-state index is 0. The molecule has 0 aromatic rings. The molecular formula is C50H78P2Sm2-2. The predicted molar refractivity (Wildman–Crippen MR) is 241 cm³/mol. The topological polar surface area (TPSA) is 0 Å². The summed E-state index contributed by atoms with van der Waals surface area (Å²) < 4.78 is 0. The Balaban J connectivity index is -0.000000597. The predicted octanol–water partition coefficient (Wildman–Crippen LogP) is 16.1. The number of hydrogen-bond donors (Lipinski definition) is 0. The fraction of sp³-hybridized carbons (Fsp3) is 0.560. The standard InChI is InChI=1S/C10H18P2.4C10H15.2Sm/c1-9(2,3)7-11-12-8-10(4,5)6;4*1-6-7(2)9(4)10(5)8(6)3;;/h1-6H3;4*1-5H3;;/q-2;;;;;;. The fourth-order valence-corrected chi connectivity index (χ4v) is 8.78. The third kappa shape index (κ3) is 19.0. The first-order chi connectivity index (χ1) is 23.4. The Morgan fingerprint density at radius 3 is 0.352 bits per heavy atom. The molecule has 0 saturated heterocycles. The van der Waals surface area contributed by atoms with E-state index >= 15 is 0 Å². The van der Waals surface area contributed by atoms with Gasteiger partial charge in [-0.2, -0.15) is 10.8 Å². The van der Waals surface area contributed by atoms with Gasteiger partial charge >= 0.3 is 0 Å². The molecule has 0 unspecified atom stereocenters. The van der Waals surface area contributed by atoms with Crippen molar-refractivity contribution in [3.63, 3.8) is 0 Å². The molecule has 4 rings (SSSR count). The maximum Gasteiger partial charge on any atom is 0 e. The third-order valence-electron chi connectivity index (χ3n) is 12.1. The molecular weight excluding hydrogens is 963 g/mol. The van der Waals surface area contributed by atoms with Gasteiger partial charge in [0.1, 0.15) is 0 Å². The van der Waals surface area contributed by atoms with Crippen LogP contribution in [0, 0.1) is 210 Å². The summed E-state index contributed by atoms with van der Waals surface area (Å²) in [5.41, 5.74) is 0.433. The molecule has 4 fully saturated rings. The summed E-state index contributed by atoms with van der Waals surface area (Å²) in [6.45, 7) is 57.0. The maximum atomic E-state index is 3.39. The van der Waals surface area contributed by atoms with Crippen LogP contribution in [0.4, 0.5) is 0 Å². The van der Waals surface area contributed by atoms with Crippen molar-refractivity contribution in [2.24, 2.45) is 10.8 Å². The summed E-state index contributed by atoms with van der Waals surface area (Å²) in [5.74, 6) is 36.1.